The number of ether oxygens (including phenoxy) is 1. The molecule has 2 aromatic rings. The van der Waals surface area contributed by atoms with E-state index >= 15 is 0 Å². The Morgan fingerprint density at radius 3 is 2.62 bits per heavy atom. The van der Waals surface area contributed by atoms with Gasteiger partial charge in [-0.05, 0) is 63.4 Å². The van der Waals surface area contributed by atoms with E-state index in [9.17, 15) is 13.2 Å². The van der Waals surface area contributed by atoms with E-state index in [0.717, 1.165) is 16.2 Å². The van der Waals surface area contributed by atoms with Crippen LogP contribution < -0.4 is 10.1 Å². The fraction of sp³-hybridized carbons (Fsp3) is 0.476. The summed E-state index contributed by atoms with van der Waals surface area (Å²) in [6.45, 7) is 7.04. The molecule has 0 saturated carbocycles. The van der Waals surface area contributed by atoms with Gasteiger partial charge in [0.2, 0.25) is 5.91 Å². The summed E-state index contributed by atoms with van der Waals surface area (Å²) in [6, 6.07) is 10.9. The maximum Gasteiger partial charge on any atom is 0.252 e. The highest BCUT2D eigenvalue weighted by Crippen LogP contribution is 2.28. The van der Waals surface area contributed by atoms with Crippen molar-refractivity contribution in [2.45, 2.75) is 43.9 Å². The molecule has 1 aromatic carbocycles. The van der Waals surface area contributed by atoms with E-state index in [0.29, 0.717) is 30.2 Å². The quantitative estimate of drug-likeness (QED) is 0.718. The summed E-state index contributed by atoms with van der Waals surface area (Å²) in [5.41, 5.74) is 0.983. The minimum absolute atomic E-state index is 0.103. The maximum atomic E-state index is 12.9. The molecule has 158 valence electrons. The zero-order chi connectivity index (χ0) is 21.0. The summed E-state index contributed by atoms with van der Waals surface area (Å²) in [6.07, 6.45) is 1.37. The Balaban J connectivity index is 1.63. The molecule has 0 unspecified atom stereocenters. The Bertz CT molecular complexity index is 938. The number of sulfonamides is 1. The van der Waals surface area contributed by atoms with E-state index in [1.807, 2.05) is 51.1 Å². The third kappa shape index (κ3) is 5.18. The van der Waals surface area contributed by atoms with Crippen LogP contribution in [0.5, 0.6) is 5.75 Å². The third-order valence-corrected chi connectivity index (χ3v) is 8.45. The monoisotopic (exact) mass is 436 g/mol. The highest BCUT2D eigenvalue weighted by molar-refractivity contribution is 7.91. The number of hydrogen-bond acceptors (Lipinski definition) is 5. The predicted molar refractivity (Wildman–Crippen MR) is 115 cm³/mol. The second kappa shape index (κ2) is 9.28. The van der Waals surface area contributed by atoms with Crippen LogP contribution in [0, 0.1) is 12.8 Å². The Labute approximate surface area is 176 Å². The molecule has 1 N–H and O–H groups in total. The molecule has 1 aromatic heterocycles. The average Bonchev–Trinajstić information content (AvgIpc) is 3.16. The molecule has 1 aliphatic heterocycles. The van der Waals surface area contributed by atoms with Crippen LogP contribution in [0.25, 0.3) is 0 Å². The minimum Gasteiger partial charge on any atom is -0.494 e. The first kappa shape index (κ1) is 21.8. The number of piperidine rings is 1. The molecule has 8 heteroatoms. The van der Waals surface area contributed by atoms with Gasteiger partial charge in [0.1, 0.15) is 9.96 Å². The number of nitrogens with zero attached hydrogens (tertiary/aromatic N) is 1. The van der Waals surface area contributed by atoms with Crippen LogP contribution in [-0.2, 0) is 14.8 Å². The highest BCUT2D eigenvalue weighted by atomic mass is 32.2. The normalized spacial score (nSPS) is 18.9. The lowest BCUT2D eigenvalue weighted by atomic mass is 9.98. The lowest BCUT2D eigenvalue weighted by Crippen LogP contribution is -2.45. The zero-order valence-electron chi connectivity index (χ0n) is 17.1. The smallest absolute Gasteiger partial charge is 0.252 e. The third-order valence-electron chi connectivity index (χ3n) is 5.11. The summed E-state index contributed by atoms with van der Waals surface area (Å²) in [4.78, 5) is 13.8. The molecule has 6 nitrogen and oxygen atoms in total. The first-order valence-electron chi connectivity index (χ1n) is 9.91. The maximum absolute atomic E-state index is 12.9. The molecule has 1 aliphatic rings. The van der Waals surface area contributed by atoms with Gasteiger partial charge in [0, 0.05) is 18.0 Å². The topological polar surface area (TPSA) is 75.7 Å². The van der Waals surface area contributed by atoms with Crippen molar-refractivity contribution < 1.29 is 17.9 Å². The van der Waals surface area contributed by atoms with Gasteiger partial charge in [-0.25, -0.2) is 8.42 Å². The van der Waals surface area contributed by atoms with Crippen molar-refractivity contribution in [1.82, 2.24) is 9.62 Å². The van der Waals surface area contributed by atoms with Gasteiger partial charge in [0.15, 0.2) is 0 Å². The molecule has 0 radical (unpaired) electrons. The van der Waals surface area contributed by atoms with Crippen molar-refractivity contribution in [3.63, 3.8) is 0 Å². The van der Waals surface area contributed by atoms with Crippen LogP contribution in [0.3, 0.4) is 0 Å². The number of amides is 1. The van der Waals surface area contributed by atoms with Crippen LogP contribution in [-0.4, -0.2) is 38.3 Å². The largest absolute Gasteiger partial charge is 0.494 e. The van der Waals surface area contributed by atoms with Crippen molar-refractivity contribution in [2.75, 3.05) is 19.7 Å². The molecule has 0 aliphatic carbocycles. The van der Waals surface area contributed by atoms with Gasteiger partial charge in [-0.15, -0.1) is 11.3 Å². The molecule has 1 amide bonds. The summed E-state index contributed by atoms with van der Waals surface area (Å²) in [5.74, 6) is 0.352. The molecular formula is C21H28N2O4S2. The molecule has 2 heterocycles. The summed E-state index contributed by atoms with van der Waals surface area (Å²) >= 11 is 1.27. The number of benzene rings is 1. The van der Waals surface area contributed by atoms with Crippen molar-refractivity contribution in [3.05, 3.63) is 46.8 Å². The van der Waals surface area contributed by atoms with Crippen molar-refractivity contribution in [3.8, 4) is 5.75 Å². The second-order valence-corrected chi connectivity index (χ2v) is 10.8. The predicted octanol–water partition coefficient (Wildman–Crippen LogP) is 3.73. The fourth-order valence-electron chi connectivity index (χ4n) is 3.49. The van der Waals surface area contributed by atoms with E-state index in [4.69, 9.17) is 4.74 Å². The van der Waals surface area contributed by atoms with Crippen LogP contribution in [0.2, 0.25) is 0 Å². The average molecular weight is 437 g/mol. The summed E-state index contributed by atoms with van der Waals surface area (Å²) < 4.78 is 33.0. The van der Waals surface area contributed by atoms with Gasteiger partial charge >= 0.3 is 0 Å². The van der Waals surface area contributed by atoms with E-state index in [1.165, 1.54) is 15.6 Å². The Morgan fingerprint density at radius 1 is 1.28 bits per heavy atom. The summed E-state index contributed by atoms with van der Waals surface area (Å²) in [5, 5.41) is 3.03. The molecule has 2 atom stereocenters. The number of carbonyl (C=O) groups is 1. The first-order chi connectivity index (χ1) is 13.8. The number of hydrogen-bond donors (Lipinski definition) is 1. The second-order valence-electron chi connectivity index (χ2n) is 7.30. The van der Waals surface area contributed by atoms with Gasteiger partial charge in [0.05, 0.1) is 18.6 Å². The SMILES string of the molecule is CCOc1ccc([C@@H](C)NC(=O)[C@@H]2CCCN(S(=O)(=O)c3ccc(C)s3)C2)cc1. The number of thiophene rings is 1. The molecule has 3 rings (SSSR count). The first-order valence-corrected chi connectivity index (χ1v) is 12.2. The molecule has 29 heavy (non-hydrogen) atoms. The fourth-order valence-corrected chi connectivity index (χ4v) is 6.45. The number of nitrogens with one attached hydrogen (secondary N) is 1. The summed E-state index contributed by atoms with van der Waals surface area (Å²) in [7, 11) is -3.54. The lowest BCUT2D eigenvalue weighted by molar-refractivity contribution is -0.126. The number of rotatable bonds is 7. The highest BCUT2D eigenvalue weighted by Gasteiger charge is 2.34. The van der Waals surface area contributed by atoms with Crippen LogP contribution >= 0.6 is 11.3 Å². The van der Waals surface area contributed by atoms with E-state index in [-0.39, 0.29) is 24.4 Å². The van der Waals surface area contributed by atoms with Gasteiger partial charge in [-0.2, -0.15) is 4.31 Å². The Morgan fingerprint density at radius 2 is 2.00 bits per heavy atom. The van der Waals surface area contributed by atoms with Gasteiger partial charge < -0.3 is 10.1 Å². The van der Waals surface area contributed by atoms with Crippen molar-refractivity contribution >= 4 is 27.3 Å². The molecular weight excluding hydrogens is 408 g/mol. The van der Waals surface area contributed by atoms with Gasteiger partial charge in [0.25, 0.3) is 10.0 Å². The number of carbonyl (C=O) groups excluding carboxylic acids is 1. The molecule has 0 bridgehead atoms. The minimum atomic E-state index is -3.54. The molecule has 0 spiro atoms. The van der Waals surface area contributed by atoms with E-state index < -0.39 is 10.0 Å². The van der Waals surface area contributed by atoms with Crippen LogP contribution in [0.4, 0.5) is 0 Å². The Hall–Kier alpha value is -1.90. The van der Waals surface area contributed by atoms with Gasteiger partial charge in [-0.1, -0.05) is 12.1 Å². The lowest BCUT2D eigenvalue weighted by Gasteiger charge is -2.31. The standard InChI is InChI=1S/C21H28N2O4S2/c1-4-27-19-10-8-17(9-11-19)16(3)22-21(24)18-6-5-13-23(14-18)29(25,26)20-12-7-15(2)28-20/h7-12,16,18H,4-6,13-14H2,1-3H3,(H,22,24)/t16-,18-/m1/s1. The van der Waals surface area contributed by atoms with E-state index in [1.54, 1.807) is 6.07 Å². The van der Waals surface area contributed by atoms with Crippen molar-refractivity contribution in [2.24, 2.45) is 5.92 Å². The van der Waals surface area contributed by atoms with Crippen LogP contribution in [0.1, 0.15) is 43.2 Å². The van der Waals surface area contributed by atoms with E-state index in [2.05, 4.69) is 5.32 Å². The Kier molecular flexibility index (Phi) is 6.97. The van der Waals surface area contributed by atoms with Crippen LogP contribution in [0.15, 0.2) is 40.6 Å². The molecule has 1 fully saturated rings. The number of aryl methyl sites for hydroxylation is 1. The van der Waals surface area contributed by atoms with Gasteiger partial charge in [-0.3, -0.25) is 4.79 Å². The van der Waals surface area contributed by atoms with Crippen molar-refractivity contribution in [1.29, 1.82) is 0 Å². The zero-order valence-corrected chi connectivity index (χ0v) is 18.7. The molecule has 1 saturated heterocycles.